The molecule has 0 amide bonds. The predicted octanol–water partition coefficient (Wildman–Crippen LogP) is 1.17. The summed E-state index contributed by atoms with van der Waals surface area (Å²) >= 11 is 0. The van der Waals surface area contributed by atoms with Crippen LogP contribution in [0.4, 0.5) is 0 Å². The van der Waals surface area contributed by atoms with Crippen molar-refractivity contribution in [3.8, 4) is 0 Å². The maximum atomic E-state index is 11.1. The summed E-state index contributed by atoms with van der Waals surface area (Å²) in [4.78, 5) is 15.1. The van der Waals surface area contributed by atoms with Crippen molar-refractivity contribution in [2.75, 3.05) is 6.61 Å². The molecular weight excluding hydrogens is 142 g/mol. The Bertz CT molecular complexity index is 165. The smallest absolute Gasteiger partial charge is 0.330 e. The second-order valence-electron chi connectivity index (χ2n) is 2.53. The van der Waals surface area contributed by atoms with Crippen molar-refractivity contribution in [3.63, 3.8) is 0 Å². The number of hydrogen-bond acceptors (Lipinski definition) is 3. The van der Waals surface area contributed by atoms with Crippen LogP contribution in [-0.4, -0.2) is 24.8 Å². The number of nitrogens with zero attached hydrogens (tertiary/aromatic N) is 1. The Balaban J connectivity index is 2.39. The lowest BCUT2D eigenvalue weighted by molar-refractivity contribution is -0.144. The van der Waals surface area contributed by atoms with Crippen molar-refractivity contribution in [3.05, 3.63) is 0 Å². The van der Waals surface area contributed by atoms with Gasteiger partial charge < -0.3 is 4.74 Å². The fourth-order valence-corrected chi connectivity index (χ4v) is 1.10. The highest BCUT2D eigenvalue weighted by Gasteiger charge is 2.18. The zero-order chi connectivity index (χ0) is 8.10. The fourth-order valence-electron chi connectivity index (χ4n) is 1.10. The average molecular weight is 155 g/mol. The highest BCUT2D eigenvalue weighted by atomic mass is 16.5. The molecule has 1 aliphatic heterocycles. The number of carbonyl (C=O) groups excluding carboxylic acids is 1. The van der Waals surface area contributed by atoms with Gasteiger partial charge in [0.05, 0.1) is 6.61 Å². The van der Waals surface area contributed by atoms with Crippen molar-refractivity contribution < 1.29 is 9.53 Å². The van der Waals surface area contributed by atoms with Crippen molar-refractivity contribution >= 4 is 12.2 Å². The van der Waals surface area contributed by atoms with Crippen LogP contribution in [0, 0.1) is 0 Å². The molecule has 3 nitrogen and oxygen atoms in total. The minimum absolute atomic E-state index is 0.177. The minimum Gasteiger partial charge on any atom is -0.464 e. The van der Waals surface area contributed by atoms with Crippen molar-refractivity contribution in [2.45, 2.75) is 32.2 Å². The molecule has 0 saturated heterocycles. The third-order valence-electron chi connectivity index (χ3n) is 1.65. The molecule has 0 aromatic rings. The average Bonchev–Trinajstić information content (AvgIpc) is 2.07. The van der Waals surface area contributed by atoms with Gasteiger partial charge in [0.15, 0.2) is 0 Å². The number of aliphatic imine (C=N–C) groups is 1. The second-order valence-corrected chi connectivity index (χ2v) is 2.53. The van der Waals surface area contributed by atoms with Gasteiger partial charge in [-0.15, -0.1) is 0 Å². The molecule has 0 N–H and O–H groups in total. The van der Waals surface area contributed by atoms with E-state index in [2.05, 4.69) is 4.99 Å². The van der Waals surface area contributed by atoms with Crippen LogP contribution in [0.1, 0.15) is 26.2 Å². The second kappa shape index (κ2) is 4.11. The first-order chi connectivity index (χ1) is 5.34. The fraction of sp³-hybridized carbons (Fsp3) is 0.750. The molecule has 1 aliphatic rings. The van der Waals surface area contributed by atoms with Gasteiger partial charge in [0.2, 0.25) is 0 Å². The highest BCUT2D eigenvalue weighted by molar-refractivity contribution is 5.78. The van der Waals surface area contributed by atoms with Gasteiger partial charge in [0.25, 0.3) is 0 Å². The maximum absolute atomic E-state index is 11.1. The third kappa shape index (κ3) is 2.33. The highest BCUT2D eigenvalue weighted by Crippen LogP contribution is 2.10. The zero-order valence-corrected chi connectivity index (χ0v) is 6.75. The first-order valence-corrected chi connectivity index (χ1v) is 4.03. The summed E-state index contributed by atoms with van der Waals surface area (Å²) < 4.78 is 4.83. The van der Waals surface area contributed by atoms with Gasteiger partial charge in [-0.25, -0.2) is 4.79 Å². The topological polar surface area (TPSA) is 38.7 Å². The molecular formula is C8H13NO2. The Morgan fingerprint density at radius 1 is 1.82 bits per heavy atom. The van der Waals surface area contributed by atoms with E-state index in [-0.39, 0.29) is 12.0 Å². The largest absolute Gasteiger partial charge is 0.464 e. The molecule has 1 rings (SSSR count). The summed E-state index contributed by atoms with van der Waals surface area (Å²) in [7, 11) is 0. The Morgan fingerprint density at radius 2 is 2.64 bits per heavy atom. The summed E-state index contributed by atoms with van der Waals surface area (Å²) in [6.07, 6.45) is 4.70. The Morgan fingerprint density at radius 3 is 3.18 bits per heavy atom. The Labute approximate surface area is 66.5 Å². The van der Waals surface area contributed by atoms with Crippen LogP contribution in [0.3, 0.4) is 0 Å². The maximum Gasteiger partial charge on any atom is 0.330 e. The molecule has 1 atom stereocenters. The van der Waals surface area contributed by atoms with Gasteiger partial charge in [-0.1, -0.05) is 0 Å². The van der Waals surface area contributed by atoms with E-state index in [1.165, 1.54) is 0 Å². The van der Waals surface area contributed by atoms with Crippen LogP contribution in [0.2, 0.25) is 0 Å². The minimum atomic E-state index is -0.219. The van der Waals surface area contributed by atoms with E-state index in [9.17, 15) is 4.79 Å². The van der Waals surface area contributed by atoms with Crippen LogP contribution < -0.4 is 0 Å². The van der Waals surface area contributed by atoms with Crippen molar-refractivity contribution in [2.24, 2.45) is 4.99 Å². The van der Waals surface area contributed by atoms with Crippen LogP contribution in [0.5, 0.6) is 0 Å². The molecule has 11 heavy (non-hydrogen) atoms. The van der Waals surface area contributed by atoms with Gasteiger partial charge in [-0.05, 0) is 32.4 Å². The summed E-state index contributed by atoms with van der Waals surface area (Å²) in [5.74, 6) is -0.177. The first-order valence-electron chi connectivity index (χ1n) is 4.03. The van der Waals surface area contributed by atoms with Crippen molar-refractivity contribution in [1.82, 2.24) is 0 Å². The van der Waals surface area contributed by atoms with Crippen LogP contribution in [0.15, 0.2) is 4.99 Å². The lowest BCUT2D eigenvalue weighted by Crippen LogP contribution is -2.23. The predicted molar refractivity (Wildman–Crippen MR) is 42.8 cm³/mol. The van der Waals surface area contributed by atoms with E-state index in [0.717, 1.165) is 19.3 Å². The molecule has 0 radical (unpaired) electrons. The first kappa shape index (κ1) is 8.24. The molecule has 0 aliphatic carbocycles. The SMILES string of the molecule is CCOC(=O)C1CCCC=N1. The summed E-state index contributed by atoms with van der Waals surface area (Å²) in [5, 5.41) is 0. The summed E-state index contributed by atoms with van der Waals surface area (Å²) in [6.45, 7) is 2.26. The van der Waals surface area contributed by atoms with Gasteiger partial charge in [0.1, 0.15) is 6.04 Å². The lowest BCUT2D eigenvalue weighted by atomic mass is 10.1. The van der Waals surface area contributed by atoms with Gasteiger partial charge in [-0.2, -0.15) is 0 Å². The van der Waals surface area contributed by atoms with Crippen LogP contribution in [-0.2, 0) is 9.53 Å². The van der Waals surface area contributed by atoms with E-state index < -0.39 is 0 Å². The molecule has 1 heterocycles. The quantitative estimate of drug-likeness (QED) is 0.561. The molecule has 0 spiro atoms. The monoisotopic (exact) mass is 155 g/mol. The molecule has 0 fully saturated rings. The van der Waals surface area contributed by atoms with E-state index >= 15 is 0 Å². The Kier molecular flexibility index (Phi) is 3.08. The molecule has 0 saturated carbocycles. The lowest BCUT2D eigenvalue weighted by Gasteiger charge is -2.13. The van der Waals surface area contributed by atoms with E-state index in [0.29, 0.717) is 6.61 Å². The number of esters is 1. The number of hydrogen-bond donors (Lipinski definition) is 0. The Hall–Kier alpha value is -0.860. The normalized spacial score (nSPS) is 23.2. The van der Waals surface area contributed by atoms with Crippen LogP contribution in [0.25, 0.3) is 0 Å². The van der Waals surface area contributed by atoms with Gasteiger partial charge in [0, 0.05) is 0 Å². The van der Waals surface area contributed by atoms with E-state index in [1.807, 2.05) is 13.1 Å². The number of ether oxygens (including phenoxy) is 1. The molecule has 0 aromatic carbocycles. The molecule has 62 valence electrons. The van der Waals surface area contributed by atoms with E-state index in [1.54, 1.807) is 0 Å². The molecule has 0 aromatic heterocycles. The van der Waals surface area contributed by atoms with Crippen molar-refractivity contribution in [1.29, 1.82) is 0 Å². The number of rotatable bonds is 2. The third-order valence-corrected chi connectivity index (χ3v) is 1.65. The standard InChI is InChI=1S/C8H13NO2/c1-2-11-8(10)7-5-3-4-6-9-7/h6-7H,2-5H2,1H3. The summed E-state index contributed by atoms with van der Waals surface area (Å²) in [6, 6.07) is -0.219. The van der Waals surface area contributed by atoms with Gasteiger partial charge in [-0.3, -0.25) is 4.99 Å². The van der Waals surface area contributed by atoms with Crippen LogP contribution >= 0.6 is 0 Å². The summed E-state index contributed by atoms with van der Waals surface area (Å²) in [5.41, 5.74) is 0. The van der Waals surface area contributed by atoms with E-state index in [4.69, 9.17) is 4.74 Å². The molecule has 0 bridgehead atoms. The molecule has 3 heteroatoms. The van der Waals surface area contributed by atoms with Gasteiger partial charge >= 0.3 is 5.97 Å². The molecule has 1 unspecified atom stereocenters. The zero-order valence-electron chi connectivity index (χ0n) is 6.75. The number of carbonyl (C=O) groups is 1.